The van der Waals surface area contributed by atoms with Gasteiger partial charge < -0.3 is 10.0 Å². The number of Topliss-reactive ketones (excluding diaryl/α,β-unsaturated/α-hetero) is 1. The fraction of sp³-hybridized carbons (Fsp3) is 0.176. The van der Waals surface area contributed by atoms with Crippen LogP contribution < -0.4 is 4.90 Å². The largest absolute Gasteiger partial charge is 0.506 e. The second-order valence-corrected chi connectivity index (χ2v) is 6.08. The number of halogens is 2. The van der Waals surface area contributed by atoms with Crippen LogP contribution >= 0.6 is 23.2 Å². The number of hydrogen-bond donors (Lipinski definition) is 1. The van der Waals surface area contributed by atoms with Gasteiger partial charge >= 0.3 is 0 Å². The highest BCUT2D eigenvalue weighted by molar-refractivity contribution is 6.54. The summed E-state index contributed by atoms with van der Waals surface area (Å²) in [5.74, 6) is -0.875. The summed E-state index contributed by atoms with van der Waals surface area (Å²) in [4.78, 5) is 23.9. The lowest BCUT2D eigenvalue weighted by atomic mass is 10.0. The zero-order valence-corrected chi connectivity index (χ0v) is 13.9. The van der Waals surface area contributed by atoms with Crippen LogP contribution in [0.1, 0.15) is 15.9 Å². The molecule has 0 aliphatic rings. The molecule has 120 valence electrons. The summed E-state index contributed by atoms with van der Waals surface area (Å²) in [6.07, 6.45) is 0.236. The fourth-order valence-electron chi connectivity index (χ4n) is 2.13. The maximum atomic E-state index is 12.3. The maximum absolute atomic E-state index is 12.3. The van der Waals surface area contributed by atoms with Crippen LogP contribution in [0.25, 0.3) is 0 Å². The number of nitrogens with zero attached hydrogens (tertiary/aromatic N) is 1. The predicted molar refractivity (Wildman–Crippen MR) is 91.5 cm³/mol. The van der Waals surface area contributed by atoms with Crippen LogP contribution in [-0.2, 0) is 11.2 Å². The van der Waals surface area contributed by atoms with Gasteiger partial charge in [-0.1, -0.05) is 53.5 Å². The summed E-state index contributed by atoms with van der Waals surface area (Å²) >= 11 is 11.1. The summed E-state index contributed by atoms with van der Waals surface area (Å²) in [5, 5.41) is 10.1. The van der Waals surface area contributed by atoms with Crippen molar-refractivity contribution in [2.45, 2.75) is 11.3 Å². The van der Waals surface area contributed by atoms with E-state index in [0.29, 0.717) is 5.56 Å². The van der Waals surface area contributed by atoms with Gasteiger partial charge in [-0.25, -0.2) is 0 Å². The van der Waals surface area contributed by atoms with Crippen molar-refractivity contribution in [1.29, 1.82) is 0 Å². The molecular formula is C17H15Cl2NO3. The molecule has 0 heterocycles. The van der Waals surface area contributed by atoms with Crippen molar-refractivity contribution in [3.8, 4) is 5.75 Å². The summed E-state index contributed by atoms with van der Waals surface area (Å²) in [5.41, 5.74) is 1.49. The van der Waals surface area contributed by atoms with Gasteiger partial charge in [0.05, 0.1) is 5.69 Å². The van der Waals surface area contributed by atoms with Crippen LogP contribution in [0.5, 0.6) is 5.75 Å². The van der Waals surface area contributed by atoms with Crippen LogP contribution in [0.2, 0.25) is 0 Å². The highest BCUT2D eigenvalue weighted by Gasteiger charge is 2.21. The number of phenols is 1. The Morgan fingerprint density at radius 1 is 1.13 bits per heavy atom. The quantitative estimate of drug-likeness (QED) is 0.661. The van der Waals surface area contributed by atoms with Gasteiger partial charge in [0.1, 0.15) is 5.75 Å². The number of alkyl halides is 2. The Morgan fingerprint density at radius 2 is 1.78 bits per heavy atom. The van der Waals surface area contributed by atoms with E-state index in [9.17, 15) is 14.7 Å². The van der Waals surface area contributed by atoms with Crippen molar-refractivity contribution in [1.82, 2.24) is 0 Å². The molecule has 0 atom stereocenters. The average Bonchev–Trinajstić information content (AvgIpc) is 2.54. The van der Waals surface area contributed by atoms with E-state index in [2.05, 4.69) is 0 Å². The zero-order chi connectivity index (χ0) is 17.0. The molecule has 0 saturated carbocycles. The lowest BCUT2D eigenvalue weighted by Gasteiger charge is -2.19. The van der Waals surface area contributed by atoms with Gasteiger partial charge in [0.15, 0.2) is 10.6 Å². The summed E-state index contributed by atoms with van der Waals surface area (Å²) < 4.78 is 0. The molecule has 1 N–H and O–H groups in total. The number of anilines is 1. The second kappa shape index (κ2) is 7.49. The number of benzene rings is 2. The molecule has 0 unspecified atom stereocenters. The predicted octanol–water partition coefficient (Wildman–Crippen LogP) is 3.58. The summed E-state index contributed by atoms with van der Waals surface area (Å²) in [6.45, 7) is 0. The van der Waals surface area contributed by atoms with Crippen LogP contribution in [-0.4, -0.2) is 28.7 Å². The van der Waals surface area contributed by atoms with E-state index < -0.39 is 10.7 Å². The molecule has 0 radical (unpaired) electrons. The molecule has 0 fully saturated rings. The maximum Gasteiger partial charge on any atom is 0.260 e. The third-order valence-corrected chi connectivity index (χ3v) is 3.76. The first-order chi connectivity index (χ1) is 10.9. The first-order valence-corrected chi connectivity index (χ1v) is 7.73. The van der Waals surface area contributed by atoms with Gasteiger partial charge in [0, 0.05) is 19.0 Å². The first-order valence-electron chi connectivity index (χ1n) is 6.86. The molecule has 0 saturated heterocycles. The minimum atomic E-state index is -1.22. The van der Waals surface area contributed by atoms with E-state index >= 15 is 0 Å². The summed E-state index contributed by atoms with van der Waals surface area (Å²) in [6, 6.07) is 13.7. The van der Waals surface area contributed by atoms with Gasteiger partial charge in [-0.05, 0) is 23.8 Å². The van der Waals surface area contributed by atoms with Gasteiger partial charge in [-0.15, -0.1) is 0 Å². The molecule has 23 heavy (non-hydrogen) atoms. The number of aromatic hydroxyl groups is 1. The zero-order valence-electron chi connectivity index (χ0n) is 12.4. The molecule has 6 heteroatoms. The van der Waals surface area contributed by atoms with Crippen molar-refractivity contribution < 1.29 is 14.7 Å². The molecule has 2 aromatic carbocycles. The first kappa shape index (κ1) is 17.3. The molecule has 1 amide bonds. The number of phenolic OH excluding ortho intramolecular Hbond substituents is 1. The van der Waals surface area contributed by atoms with E-state index in [-0.39, 0.29) is 23.6 Å². The van der Waals surface area contributed by atoms with E-state index in [1.165, 1.54) is 19.2 Å². The minimum absolute atomic E-state index is 0.125. The molecule has 0 spiro atoms. The van der Waals surface area contributed by atoms with Gasteiger partial charge in [0.25, 0.3) is 5.91 Å². The number of hydrogen-bond acceptors (Lipinski definition) is 3. The highest BCUT2D eigenvalue weighted by Crippen LogP contribution is 2.29. The van der Waals surface area contributed by atoms with E-state index in [1.807, 2.05) is 30.3 Å². The number of ketones is 1. The van der Waals surface area contributed by atoms with Gasteiger partial charge in [0.2, 0.25) is 0 Å². The Balaban J connectivity index is 2.19. The number of carbonyl (C=O) groups is 2. The van der Waals surface area contributed by atoms with Crippen molar-refractivity contribution >= 4 is 40.6 Å². The molecule has 0 bridgehead atoms. The van der Waals surface area contributed by atoms with Crippen LogP contribution in [0.15, 0.2) is 48.5 Å². The molecule has 0 aliphatic carbocycles. The van der Waals surface area contributed by atoms with Crippen molar-refractivity contribution in [2.75, 3.05) is 11.9 Å². The smallest absolute Gasteiger partial charge is 0.260 e. The second-order valence-electron chi connectivity index (χ2n) is 4.99. The Kier molecular flexibility index (Phi) is 5.64. The fourth-order valence-corrected chi connectivity index (χ4v) is 2.42. The van der Waals surface area contributed by atoms with Crippen LogP contribution in [0.3, 0.4) is 0 Å². The number of carbonyl (C=O) groups excluding carboxylic acids is 2. The Hall–Kier alpha value is -2.04. The van der Waals surface area contributed by atoms with E-state index in [0.717, 1.165) is 10.5 Å². The molecule has 0 aliphatic heterocycles. The van der Waals surface area contributed by atoms with Crippen LogP contribution in [0, 0.1) is 0 Å². The average molecular weight is 352 g/mol. The van der Waals surface area contributed by atoms with Crippen molar-refractivity contribution in [2.24, 2.45) is 0 Å². The summed E-state index contributed by atoms with van der Waals surface area (Å²) in [7, 11) is 1.45. The van der Waals surface area contributed by atoms with E-state index in [4.69, 9.17) is 23.2 Å². The minimum Gasteiger partial charge on any atom is -0.506 e. The Morgan fingerprint density at radius 3 is 2.35 bits per heavy atom. The number of rotatable bonds is 5. The van der Waals surface area contributed by atoms with Crippen molar-refractivity contribution in [3.63, 3.8) is 0 Å². The molecular weight excluding hydrogens is 337 g/mol. The Bertz CT molecular complexity index is 717. The molecule has 2 rings (SSSR count). The standard InChI is InChI=1S/C17H15Cl2NO3/c1-20(17(23)16(18)19)13-8-7-12(10-15(13)22)14(21)9-11-5-3-2-4-6-11/h2-8,10,16,22H,9H2,1H3. The Labute approximate surface area is 144 Å². The monoisotopic (exact) mass is 351 g/mol. The van der Waals surface area contributed by atoms with Crippen LogP contribution in [0.4, 0.5) is 5.69 Å². The van der Waals surface area contributed by atoms with E-state index in [1.54, 1.807) is 6.07 Å². The van der Waals surface area contributed by atoms with Crippen molar-refractivity contribution in [3.05, 3.63) is 59.7 Å². The highest BCUT2D eigenvalue weighted by atomic mass is 35.5. The lowest BCUT2D eigenvalue weighted by Crippen LogP contribution is -2.31. The molecule has 0 aromatic heterocycles. The molecule has 2 aromatic rings. The number of amides is 1. The van der Waals surface area contributed by atoms with Gasteiger partial charge in [-0.2, -0.15) is 0 Å². The topological polar surface area (TPSA) is 57.6 Å². The lowest BCUT2D eigenvalue weighted by molar-refractivity contribution is -0.116. The third-order valence-electron chi connectivity index (χ3n) is 3.38. The normalized spacial score (nSPS) is 10.6. The third kappa shape index (κ3) is 4.24. The molecule has 4 nitrogen and oxygen atoms in total. The SMILES string of the molecule is CN(C(=O)C(Cl)Cl)c1ccc(C(=O)Cc2ccccc2)cc1O. The van der Waals surface area contributed by atoms with Gasteiger partial charge in [-0.3, -0.25) is 9.59 Å².